The van der Waals surface area contributed by atoms with Crippen LogP contribution in [0.2, 0.25) is 0 Å². The molecular weight excluding hydrogens is 244 g/mol. The number of anilines is 1. The van der Waals surface area contributed by atoms with E-state index >= 15 is 0 Å². The van der Waals surface area contributed by atoms with Gasteiger partial charge in [0.2, 0.25) is 0 Å². The Kier molecular flexibility index (Phi) is 3.97. The van der Waals surface area contributed by atoms with E-state index in [1.54, 1.807) is 6.07 Å². The molecule has 0 saturated heterocycles. The third kappa shape index (κ3) is 3.42. The van der Waals surface area contributed by atoms with Crippen LogP contribution in [0.1, 0.15) is 24.8 Å². The number of hydrogen-bond donors (Lipinski definition) is 1. The Hall–Kier alpha value is -2.13. The summed E-state index contributed by atoms with van der Waals surface area (Å²) in [5.41, 5.74) is 6.58. The van der Waals surface area contributed by atoms with Gasteiger partial charge in [-0.15, -0.1) is 0 Å². The van der Waals surface area contributed by atoms with E-state index in [0.717, 1.165) is 18.4 Å². The molecule has 1 fully saturated rings. The highest BCUT2D eigenvalue weighted by atomic mass is 16.6. The zero-order chi connectivity index (χ0) is 13.8. The molecule has 6 heteroatoms. The van der Waals surface area contributed by atoms with Crippen LogP contribution < -0.4 is 5.73 Å². The van der Waals surface area contributed by atoms with Gasteiger partial charge in [0, 0.05) is 31.6 Å². The Morgan fingerprint density at radius 2 is 2.26 bits per heavy atom. The molecule has 0 aromatic heterocycles. The predicted molar refractivity (Wildman–Crippen MR) is 71.2 cm³/mol. The van der Waals surface area contributed by atoms with Crippen molar-refractivity contribution >= 4 is 11.4 Å². The number of hydrogen-bond acceptors (Lipinski definition) is 5. The lowest BCUT2D eigenvalue weighted by Gasteiger charge is -2.20. The van der Waals surface area contributed by atoms with Crippen molar-refractivity contribution in [3.8, 4) is 6.07 Å². The van der Waals surface area contributed by atoms with Crippen LogP contribution >= 0.6 is 0 Å². The molecule has 0 bridgehead atoms. The quantitative estimate of drug-likeness (QED) is 0.479. The van der Waals surface area contributed by atoms with Gasteiger partial charge in [0.1, 0.15) is 5.69 Å². The van der Waals surface area contributed by atoms with E-state index in [-0.39, 0.29) is 11.4 Å². The highest BCUT2D eigenvalue weighted by molar-refractivity contribution is 5.59. The van der Waals surface area contributed by atoms with E-state index in [2.05, 4.69) is 11.0 Å². The van der Waals surface area contributed by atoms with E-state index in [1.165, 1.54) is 6.07 Å². The van der Waals surface area contributed by atoms with Gasteiger partial charge >= 0.3 is 0 Å². The molecular formula is C13H16N4O2. The molecule has 0 spiro atoms. The first kappa shape index (κ1) is 13.3. The van der Waals surface area contributed by atoms with Gasteiger partial charge < -0.3 is 5.73 Å². The van der Waals surface area contributed by atoms with Gasteiger partial charge in [-0.3, -0.25) is 15.0 Å². The van der Waals surface area contributed by atoms with Crippen LogP contribution in [-0.4, -0.2) is 22.4 Å². The van der Waals surface area contributed by atoms with Crippen molar-refractivity contribution in [3.63, 3.8) is 0 Å². The Morgan fingerprint density at radius 3 is 2.84 bits per heavy atom. The first-order valence-electron chi connectivity index (χ1n) is 6.25. The molecule has 0 amide bonds. The standard InChI is InChI=1S/C13H16N4O2/c14-6-1-7-16(11-3-4-11)9-10-2-5-12(15)13(8-10)17(18)19/h2,5,8,11H,1,3-4,7,9,15H2. The summed E-state index contributed by atoms with van der Waals surface area (Å²) in [6.07, 6.45) is 2.76. The molecule has 1 aromatic rings. The number of nitrogens with zero attached hydrogens (tertiary/aromatic N) is 3. The molecule has 1 aliphatic rings. The van der Waals surface area contributed by atoms with E-state index in [4.69, 9.17) is 11.0 Å². The Balaban J connectivity index is 2.10. The van der Waals surface area contributed by atoms with E-state index in [9.17, 15) is 10.1 Å². The second-order valence-electron chi connectivity index (χ2n) is 4.76. The van der Waals surface area contributed by atoms with Crippen LogP contribution in [0, 0.1) is 21.4 Å². The minimum Gasteiger partial charge on any atom is -0.393 e. The lowest BCUT2D eigenvalue weighted by molar-refractivity contribution is -0.384. The maximum atomic E-state index is 10.8. The number of nitrogen functional groups attached to an aromatic ring is 1. The molecule has 1 aliphatic carbocycles. The van der Waals surface area contributed by atoms with Crippen LogP contribution in [0.15, 0.2) is 18.2 Å². The zero-order valence-electron chi connectivity index (χ0n) is 10.6. The second kappa shape index (κ2) is 5.67. The van der Waals surface area contributed by atoms with Gasteiger partial charge in [-0.25, -0.2) is 0 Å². The molecule has 0 aliphatic heterocycles. The SMILES string of the molecule is N#CCCN(Cc1ccc(N)c([N+](=O)[O-])c1)C1CC1. The van der Waals surface area contributed by atoms with E-state index in [1.807, 2.05) is 6.07 Å². The number of nitro benzene ring substituents is 1. The van der Waals surface area contributed by atoms with Crippen molar-refractivity contribution in [2.45, 2.75) is 31.8 Å². The summed E-state index contributed by atoms with van der Waals surface area (Å²) in [6.45, 7) is 1.34. The average Bonchev–Trinajstić information content (AvgIpc) is 3.20. The summed E-state index contributed by atoms with van der Waals surface area (Å²) >= 11 is 0. The van der Waals surface area contributed by atoms with Gasteiger partial charge in [0.05, 0.1) is 11.0 Å². The Labute approximate surface area is 111 Å². The second-order valence-corrected chi connectivity index (χ2v) is 4.76. The lowest BCUT2D eigenvalue weighted by Crippen LogP contribution is -2.26. The molecule has 6 nitrogen and oxygen atoms in total. The number of nitriles is 1. The number of benzene rings is 1. The Morgan fingerprint density at radius 1 is 1.53 bits per heavy atom. The van der Waals surface area contributed by atoms with Crippen LogP contribution in [0.3, 0.4) is 0 Å². The fourth-order valence-corrected chi connectivity index (χ4v) is 2.10. The third-order valence-electron chi connectivity index (χ3n) is 3.25. The summed E-state index contributed by atoms with van der Waals surface area (Å²) in [6, 6.07) is 7.56. The summed E-state index contributed by atoms with van der Waals surface area (Å²) in [5, 5.41) is 19.5. The largest absolute Gasteiger partial charge is 0.393 e. The minimum atomic E-state index is -0.463. The van der Waals surface area contributed by atoms with Gasteiger partial charge in [0.15, 0.2) is 0 Å². The summed E-state index contributed by atoms with van der Waals surface area (Å²) < 4.78 is 0. The molecule has 100 valence electrons. The van der Waals surface area contributed by atoms with Crippen LogP contribution in [0.5, 0.6) is 0 Å². The molecule has 1 aromatic carbocycles. The minimum absolute atomic E-state index is 0.0477. The molecule has 19 heavy (non-hydrogen) atoms. The lowest BCUT2D eigenvalue weighted by atomic mass is 10.1. The van der Waals surface area contributed by atoms with Crippen molar-refractivity contribution < 1.29 is 4.92 Å². The summed E-state index contributed by atoms with van der Waals surface area (Å²) in [5.74, 6) is 0. The van der Waals surface area contributed by atoms with Crippen LogP contribution in [0.25, 0.3) is 0 Å². The van der Waals surface area contributed by atoms with Gasteiger partial charge in [-0.05, 0) is 24.5 Å². The Bertz CT molecular complexity index is 520. The average molecular weight is 260 g/mol. The summed E-state index contributed by atoms with van der Waals surface area (Å²) in [7, 11) is 0. The van der Waals surface area contributed by atoms with Crippen molar-refractivity contribution in [1.82, 2.24) is 4.90 Å². The monoisotopic (exact) mass is 260 g/mol. The molecule has 2 N–H and O–H groups in total. The zero-order valence-corrected chi connectivity index (χ0v) is 10.6. The first-order valence-corrected chi connectivity index (χ1v) is 6.25. The number of nitro groups is 1. The highest BCUT2D eigenvalue weighted by Gasteiger charge is 2.28. The highest BCUT2D eigenvalue weighted by Crippen LogP contribution is 2.30. The van der Waals surface area contributed by atoms with Gasteiger partial charge in [0.25, 0.3) is 5.69 Å². The van der Waals surface area contributed by atoms with Crippen molar-refractivity contribution in [1.29, 1.82) is 5.26 Å². The molecule has 0 heterocycles. The molecule has 0 radical (unpaired) electrons. The van der Waals surface area contributed by atoms with E-state index < -0.39 is 4.92 Å². The van der Waals surface area contributed by atoms with Crippen LogP contribution in [-0.2, 0) is 6.54 Å². The van der Waals surface area contributed by atoms with Gasteiger partial charge in [-0.2, -0.15) is 5.26 Å². The molecule has 0 atom stereocenters. The maximum absolute atomic E-state index is 10.8. The summed E-state index contributed by atoms with van der Waals surface area (Å²) in [4.78, 5) is 12.6. The predicted octanol–water partition coefficient (Wildman–Crippen LogP) is 2.06. The normalized spacial score (nSPS) is 14.3. The fraction of sp³-hybridized carbons (Fsp3) is 0.462. The number of rotatable bonds is 6. The third-order valence-corrected chi connectivity index (χ3v) is 3.25. The van der Waals surface area contributed by atoms with Crippen molar-refractivity contribution in [2.24, 2.45) is 0 Å². The van der Waals surface area contributed by atoms with Crippen LogP contribution in [0.4, 0.5) is 11.4 Å². The smallest absolute Gasteiger partial charge is 0.292 e. The molecule has 0 unspecified atom stereocenters. The topological polar surface area (TPSA) is 96.2 Å². The van der Waals surface area contributed by atoms with Gasteiger partial charge in [-0.1, -0.05) is 6.07 Å². The first-order chi connectivity index (χ1) is 9.11. The number of nitrogens with two attached hydrogens (primary N) is 1. The molecule has 2 rings (SSSR count). The van der Waals surface area contributed by atoms with Crippen molar-refractivity contribution in [3.05, 3.63) is 33.9 Å². The molecule has 1 saturated carbocycles. The van der Waals surface area contributed by atoms with Crippen molar-refractivity contribution in [2.75, 3.05) is 12.3 Å². The fourth-order valence-electron chi connectivity index (χ4n) is 2.10. The maximum Gasteiger partial charge on any atom is 0.292 e. The van der Waals surface area contributed by atoms with E-state index in [0.29, 0.717) is 25.6 Å².